The van der Waals surface area contributed by atoms with Crippen LogP contribution in [0.5, 0.6) is 0 Å². The number of carbonyl (C=O) groups excluding carboxylic acids is 1. The molecule has 3 heterocycles. The first-order valence-electron chi connectivity index (χ1n) is 8.42. The van der Waals surface area contributed by atoms with Crippen LogP contribution in [-0.4, -0.2) is 44.1 Å². The first-order valence-corrected chi connectivity index (χ1v) is 8.42. The summed E-state index contributed by atoms with van der Waals surface area (Å²) in [4.78, 5) is 43.0. The number of pyridine rings is 1. The van der Waals surface area contributed by atoms with Crippen LogP contribution in [0.2, 0.25) is 0 Å². The Hall–Kier alpha value is -1.90. The first-order chi connectivity index (χ1) is 11.8. The van der Waals surface area contributed by atoms with Crippen LogP contribution in [0, 0.1) is 5.92 Å². The summed E-state index contributed by atoms with van der Waals surface area (Å²) in [5.74, 6) is 0.286. The maximum Gasteiger partial charge on any atom is 0.332 e. The fourth-order valence-corrected chi connectivity index (χ4v) is 3.39. The van der Waals surface area contributed by atoms with E-state index in [4.69, 9.17) is 5.73 Å². The van der Waals surface area contributed by atoms with Gasteiger partial charge in [0.1, 0.15) is 5.65 Å². The Bertz CT molecular complexity index is 946. The standard InChI is InChI=1S/C17H23N5O3.2ClH/c1-10(18)11-4-6-22(7-5-11)15(23)12-8-13-14(19-9-12)20(2)17(25)21(3)16(13)24;;/h8-11H,4-7,18H2,1-3H3;2*1H. The molecule has 2 aromatic rings. The number of halogens is 2. The average molecular weight is 418 g/mol. The van der Waals surface area contributed by atoms with Crippen molar-refractivity contribution in [1.82, 2.24) is 19.0 Å². The van der Waals surface area contributed by atoms with E-state index in [1.807, 2.05) is 6.92 Å². The quantitative estimate of drug-likeness (QED) is 0.773. The third-order valence-electron chi connectivity index (χ3n) is 5.11. The number of amides is 1. The number of fused-ring (bicyclic) bond motifs is 1. The van der Waals surface area contributed by atoms with Crippen molar-refractivity contribution in [2.75, 3.05) is 13.1 Å². The molecule has 2 aromatic heterocycles. The summed E-state index contributed by atoms with van der Waals surface area (Å²) in [6, 6.07) is 1.66. The number of likely N-dealkylation sites (tertiary alicyclic amines) is 1. The smallest absolute Gasteiger partial charge is 0.332 e. The lowest BCUT2D eigenvalue weighted by Crippen LogP contribution is -2.42. The topological polar surface area (TPSA) is 103 Å². The van der Waals surface area contributed by atoms with Gasteiger partial charge in [0.2, 0.25) is 0 Å². The van der Waals surface area contributed by atoms with Crippen LogP contribution in [-0.2, 0) is 14.1 Å². The van der Waals surface area contributed by atoms with E-state index in [9.17, 15) is 14.4 Å². The van der Waals surface area contributed by atoms with Crippen LogP contribution >= 0.6 is 24.8 Å². The summed E-state index contributed by atoms with van der Waals surface area (Å²) in [6.07, 6.45) is 3.18. The van der Waals surface area contributed by atoms with Crippen LogP contribution in [0.25, 0.3) is 11.0 Å². The molecule has 1 fully saturated rings. The molecule has 1 saturated heterocycles. The molecule has 0 radical (unpaired) electrons. The van der Waals surface area contributed by atoms with Gasteiger partial charge in [0.25, 0.3) is 11.5 Å². The highest BCUT2D eigenvalue weighted by Gasteiger charge is 2.26. The number of aryl methyl sites for hydroxylation is 1. The lowest BCUT2D eigenvalue weighted by molar-refractivity contribution is 0.0680. The Kier molecular flexibility index (Phi) is 7.59. The lowest BCUT2D eigenvalue weighted by atomic mass is 9.91. The molecule has 0 bridgehead atoms. The molecule has 3 rings (SSSR count). The molecule has 1 aliphatic rings. The molecule has 0 aromatic carbocycles. The van der Waals surface area contributed by atoms with Crippen molar-refractivity contribution in [3.8, 4) is 0 Å². The van der Waals surface area contributed by atoms with Crippen molar-refractivity contribution < 1.29 is 4.79 Å². The van der Waals surface area contributed by atoms with E-state index in [-0.39, 0.29) is 47.8 Å². The molecular formula is C17H25Cl2N5O3. The second kappa shape index (κ2) is 8.86. The molecule has 0 aliphatic carbocycles. The number of piperidine rings is 1. The molecule has 0 spiro atoms. The van der Waals surface area contributed by atoms with Gasteiger partial charge in [-0.25, -0.2) is 9.78 Å². The molecule has 1 atom stereocenters. The van der Waals surface area contributed by atoms with E-state index < -0.39 is 11.2 Å². The predicted octanol–water partition coefficient (Wildman–Crippen LogP) is 0.675. The van der Waals surface area contributed by atoms with Gasteiger partial charge in [-0.2, -0.15) is 0 Å². The second-order valence-electron chi connectivity index (χ2n) is 6.79. The largest absolute Gasteiger partial charge is 0.339 e. The summed E-state index contributed by atoms with van der Waals surface area (Å²) >= 11 is 0. The molecule has 1 unspecified atom stereocenters. The van der Waals surface area contributed by atoms with Crippen LogP contribution < -0.4 is 17.0 Å². The maximum atomic E-state index is 12.7. The number of nitrogens with two attached hydrogens (primary N) is 1. The molecule has 2 N–H and O–H groups in total. The van der Waals surface area contributed by atoms with E-state index in [0.29, 0.717) is 24.6 Å². The SMILES string of the molecule is CC(N)C1CCN(C(=O)c2cnc3c(c2)c(=O)n(C)c(=O)n3C)CC1.Cl.Cl. The van der Waals surface area contributed by atoms with Crippen molar-refractivity contribution >= 4 is 41.8 Å². The highest BCUT2D eigenvalue weighted by Crippen LogP contribution is 2.21. The Labute approximate surface area is 169 Å². The molecule has 8 nitrogen and oxygen atoms in total. The third-order valence-corrected chi connectivity index (χ3v) is 5.11. The van der Waals surface area contributed by atoms with Gasteiger partial charge in [-0.1, -0.05) is 0 Å². The van der Waals surface area contributed by atoms with Crippen LogP contribution in [0.1, 0.15) is 30.1 Å². The normalized spacial score (nSPS) is 15.8. The molecule has 150 valence electrons. The summed E-state index contributed by atoms with van der Waals surface area (Å²) in [7, 11) is 2.97. The number of hydrogen-bond acceptors (Lipinski definition) is 5. The Balaban J connectivity index is 0.00000182. The van der Waals surface area contributed by atoms with E-state index in [1.54, 1.807) is 11.9 Å². The fourth-order valence-electron chi connectivity index (χ4n) is 3.39. The molecule has 1 amide bonds. The fraction of sp³-hybridized carbons (Fsp3) is 0.529. The first kappa shape index (κ1) is 23.1. The Morgan fingerprint density at radius 1 is 1.19 bits per heavy atom. The average Bonchev–Trinajstić information content (AvgIpc) is 2.63. The third kappa shape index (κ3) is 4.17. The van der Waals surface area contributed by atoms with Crippen molar-refractivity contribution in [1.29, 1.82) is 0 Å². The Morgan fingerprint density at radius 2 is 1.78 bits per heavy atom. The molecule has 10 heteroatoms. The van der Waals surface area contributed by atoms with E-state index in [0.717, 1.165) is 17.4 Å². The minimum atomic E-state index is -0.448. The van der Waals surface area contributed by atoms with Crippen LogP contribution in [0.3, 0.4) is 0 Å². The minimum absolute atomic E-state index is 0. The van der Waals surface area contributed by atoms with Crippen molar-refractivity contribution in [3.05, 3.63) is 38.7 Å². The predicted molar refractivity (Wildman–Crippen MR) is 109 cm³/mol. The Morgan fingerprint density at radius 3 is 2.33 bits per heavy atom. The van der Waals surface area contributed by atoms with Gasteiger partial charge in [0, 0.05) is 39.4 Å². The number of aromatic nitrogens is 3. The lowest BCUT2D eigenvalue weighted by Gasteiger charge is -2.33. The van der Waals surface area contributed by atoms with Gasteiger partial charge in [-0.3, -0.25) is 18.7 Å². The molecular weight excluding hydrogens is 393 g/mol. The zero-order valence-electron chi connectivity index (χ0n) is 15.5. The van der Waals surface area contributed by atoms with Crippen molar-refractivity contribution in [2.45, 2.75) is 25.8 Å². The number of hydrogen-bond donors (Lipinski definition) is 1. The van der Waals surface area contributed by atoms with Gasteiger partial charge < -0.3 is 10.6 Å². The zero-order chi connectivity index (χ0) is 18.3. The van der Waals surface area contributed by atoms with E-state index in [2.05, 4.69) is 4.98 Å². The van der Waals surface area contributed by atoms with Crippen LogP contribution in [0.4, 0.5) is 0 Å². The number of carbonyl (C=O) groups is 1. The summed E-state index contributed by atoms with van der Waals surface area (Å²) < 4.78 is 2.32. The summed E-state index contributed by atoms with van der Waals surface area (Å²) in [6.45, 7) is 3.29. The van der Waals surface area contributed by atoms with Crippen LogP contribution in [0.15, 0.2) is 21.9 Å². The summed E-state index contributed by atoms with van der Waals surface area (Å²) in [5.41, 5.74) is 5.69. The summed E-state index contributed by atoms with van der Waals surface area (Å²) in [5, 5.41) is 0.265. The highest BCUT2D eigenvalue weighted by molar-refractivity contribution is 5.96. The number of rotatable bonds is 2. The van der Waals surface area contributed by atoms with Gasteiger partial charge in [-0.05, 0) is 31.7 Å². The van der Waals surface area contributed by atoms with Gasteiger partial charge >= 0.3 is 5.69 Å². The van der Waals surface area contributed by atoms with Crippen molar-refractivity contribution in [2.24, 2.45) is 25.7 Å². The van der Waals surface area contributed by atoms with Gasteiger partial charge in [-0.15, -0.1) is 24.8 Å². The minimum Gasteiger partial charge on any atom is -0.339 e. The van der Waals surface area contributed by atoms with E-state index >= 15 is 0 Å². The van der Waals surface area contributed by atoms with Gasteiger partial charge in [0.05, 0.1) is 10.9 Å². The zero-order valence-corrected chi connectivity index (χ0v) is 17.2. The highest BCUT2D eigenvalue weighted by atomic mass is 35.5. The van der Waals surface area contributed by atoms with Gasteiger partial charge in [0.15, 0.2) is 0 Å². The van der Waals surface area contributed by atoms with E-state index in [1.165, 1.54) is 23.9 Å². The maximum absolute atomic E-state index is 12.7. The molecule has 1 aliphatic heterocycles. The van der Waals surface area contributed by atoms with Crippen molar-refractivity contribution in [3.63, 3.8) is 0 Å². The second-order valence-corrected chi connectivity index (χ2v) is 6.79. The molecule has 0 saturated carbocycles. The monoisotopic (exact) mass is 417 g/mol. The number of nitrogens with zero attached hydrogens (tertiary/aromatic N) is 4. The molecule has 27 heavy (non-hydrogen) atoms.